The molecular formula is C9H16O3. The quantitative estimate of drug-likeness (QED) is 0.644. The Morgan fingerprint density at radius 3 is 2.83 bits per heavy atom. The van der Waals surface area contributed by atoms with E-state index in [1.165, 1.54) is 0 Å². The van der Waals surface area contributed by atoms with E-state index in [1.54, 1.807) is 0 Å². The molecule has 0 bridgehead atoms. The lowest BCUT2D eigenvalue weighted by molar-refractivity contribution is -0.0301. The number of hydrogen-bond donors (Lipinski definition) is 1. The van der Waals surface area contributed by atoms with E-state index >= 15 is 0 Å². The van der Waals surface area contributed by atoms with E-state index in [4.69, 9.17) is 14.6 Å². The smallest absolute Gasteiger partial charge is 0.177 e. The molecule has 1 saturated heterocycles. The van der Waals surface area contributed by atoms with Gasteiger partial charge in [-0.1, -0.05) is 19.9 Å². The molecule has 0 saturated carbocycles. The SMILES string of the molecule is CC(C)C=CC1OCC(CO)O1. The summed E-state index contributed by atoms with van der Waals surface area (Å²) in [7, 11) is 0. The van der Waals surface area contributed by atoms with E-state index in [-0.39, 0.29) is 19.0 Å². The average Bonchev–Trinajstić information content (AvgIpc) is 2.48. The lowest BCUT2D eigenvalue weighted by atomic mass is 10.2. The molecule has 1 heterocycles. The zero-order valence-electron chi connectivity index (χ0n) is 7.56. The summed E-state index contributed by atoms with van der Waals surface area (Å²) in [6, 6.07) is 0. The predicted octanol–water partition coefficient (Wildman–Crippen LogP) is 0.932. The van der Waals surface area contributed by atoms with Gasteiger partial charge in [0.2, 0.25) is 0 Å². The molecule has 0 aliphatic carbocycles. The number of hydrogen-bond acceptors (Lipinski definition) is 3. The molecule has 0 amide bonds. The molecule has 1 N–H and O–H groups in total. The van der Waals surface area contributed by atoms with Gasteiger partial charge in [0.05, 0.1) is 13.2 Å². The van der Waals surface area contributed by atoms with E-state index in [2.05, 4.69) is 13.8 Å². The zero-order valence-corrected chi connectivity index (χ0v) is 7.56. The summed E-state index contributed by atoms with van der Waals surface area (Å²) in [5, 5.41) is 8.73. The zero-order chi connectivity index (χ0) is 8.97. The normalized spacial score (nSPS) is 30.7. The third-order valence-electron chi connectivity index (χ3n) is 1.63. The average molecular weight is 172 g/mol. The van der Waals surface area contributed by atoms with E-state index < -0.39 is 0 Å². The van der Waals surface area contributed by atoms with E-state index in [1.807, 2.05) is 12.2 Å². The van der Waals surface area contributed by atoms with Crippen LogP contribution in [0.15, 0.2) is 12.2 Å². The molecule has 0 radical (unpaired) electrons. The van der Waals surface area contributed by atoms with Crippen molar-refractivity contribution in [3.63, 3.8) is 0 Å². The largest absolute Gasteiger partial charge is 0.394 e. The van der Waals surface area contributed by atoms with Crippen molar-refractivity contribution in [1.82, 2.24) is 0 Å². The molecule has 2 atom stereocenters. The van der Waals surface area contributed by atoms with Gasteiger partial charge in [-0.25, -0.2) is 0 Å². The molecule has 0 spiro atoms. The molecule has 3 nitrogen and oxygen atoms in total. The van der Waals surface area contributed by atoms with Crippen LogP contribution in [0.5, 0.6) is 0 Å². The van der Waals surface area contributed by atoms with Crippen LogP contribution in [0.2, 0.25) is 0 Å². The molecular weight excluding hydrogens is 156 g/mol. The highest BCUT2D eigenvalue weighted by molar-refractivity contribution is 4.89. The molecule has 3 heteroatoms. The maximum Gasteiger partial charge on any atom is 0.177 e. The Morgan fingerprint density at radius 1 is 1.58 bits per heavy atom. The topological polar surface area (TPSA) is 38.7 Å². The molecule has 0 aromatic rings. The molecule has 0 aromatic carbocycles. The van der Waals surface area contributed by atoms with Gasteiger partial charge in [0.1, 0.15) is 6.10 Å². The Kier molecular flexibility index (Phi) is 3.72. The number of rotatable bonds is 3. The summed E-state index contributed by atoms with van der Waals surface area (Å²) in [5.41, 5.74) is 0. The molecule has 1 aliphatic rings. The van der Waals surface area contributed by atoms with Crippen molar-refractivity contribution in [1.29, 1.82) is 0 Å². The first-order valence-corrected chi connectivity index (χ1v) is 4.28. The van der Waals surface area contributed by atoms with Crippen LogP contribution in [0.4, 0.5) is 0 Å². The fourth-order valence-corrected chi connectivity index (χ4v) is 0.980. The van der Waals surface area contributed by atoms with Gasteiger partial charge < -0.3 is 14.6 Å². The predicted molar refractivity (Wildman–Crippen MR) is 45.7 cm³/mol. The first-order chi connectivity index (χ1) is 5.72. The fraction of sp³-hybridized carbons (Fsp3) is 0.778. The van der Waals surface area contributed by atoms with Gasteiger partial charge in [-0.05, 0) is 12.0 Å². The number of aliphatic hydroxyl groups excluding tert-OH is 1. The van der Waals surface area contributed by atoms with Gasteiger partial charge >= 0.3 is 0 Å². The standard InChI is InChI=1S/C9H16O3/c1-7(2)3-4-9-11-6-8(5-10)12-9/h3-4,7-10H,5-6H2,1-2H3. The van der Waals surface area contributed by atoms with Crippen LogP contribution < -0.4 is 0 Å². The Hall–Kier alpha value is -0.380. The second-order valence-electron chi connectivity index (χ2n) is 3.27. The molecule has 2 unspecified atom stereocenters. The second kappa shape index (κ2) is 4.60. The van der Waals surface area contributed by atoms with Crippen molar-refractivity contribution < 1.29 is 14.6 Å². The lowest BCUT2D eigenvalue weighted by Gasteiger charge is -2.05. The van der Waals surface area contributed by atoms with Gasteiger partial charge in [-0.2, -0.15) is 0 Å². The second-order valence-corrected chi connectivity index (χ2v) is 3.27. The van der Waals surface area contributed by atoms with Crippen LogP contribution in [0.3, 0.4) is 0 Å². The third kappa shape index (κ3) is 2.93. The van der Waals surface area contributed by atoms with Crippen LogP contribution in [0.1, 0.15) is 13.8 Å². The molecule has 12 heavy (non-hydrogen) atoms. The van der Waals surface area contributed by atoms with E-state index in [0.717, 1.165) is 0 Å². The van der Waals surface area contributed by atoms with Gasteiger partial charge in [-0.3, -0.25) is 0 Å². The highest BCUT2D eigenvalue weighted by atomic mass is 16.7. The van der Waals surface area contributed by atoms with Crippen LogP contribution in [-0.4, -0.2) is 30.7 Å². The minimum absolute atomic E-state index is 0.0337. The Balaban J connectivity index is 2.27. The monoisotopic (exact) mass is 172 g/mol. The van der Waals surface area contributed by atoms with Gasteiger partial charge in [-0.15, -0.1) is 0 Å². The molecule has 1 rings (SSSR count). The minimum Gasteiger partial charge on any atom is -0.394 e. The molecule has 70 valence electrons. The summed E-state index contributed by atoms with van der Waals surface area (Å²) < 4.78 is 10.5. The summed E-state index contributed by atoms with van der Waals surface area (Å²) >= 11 is 0. The summed E-state index contributed by atoms with van der Waals surface area (Å²) in [6.07, 6.45) is 3.52. The van der Waals surface area contributed by atoms with Crippen molar-refractivity contribution in [2.45, 2.75) is 26.2 Å². The fourth-order valence-electron chi connectivity index (χ4n) is 0.980. The van der Waals surface area contributed by atoms with Gasteiger partial charge in [0, 0.05) is 0 Å². The Bertz CT molecular complexity index is 154. The number of allylic oxidation sites excluding steroid dienone is 1. The van der Waals surface area contributed by atoms with Crippen LogP contribution in [-0.2, 0) is 9.47 Å². The van der Waals surface area contributed by atoms with Crippen molar-refractivity contribution in [2.24, 2.45) is 5.92 Å². The maximum atomic E-state index is 8.73. The van der Waals surface area contributed by atoms with E-state index in [0.29, 0.717) is 12.5 Å². The van der Waals surface area contributed by atoms with Gasteiger partial charge in [0.15, 0.2) is 6.29 Å². The third-order valence-corrected chi connectivity index (χ3v) is 1.63. The lowest BCUT2D eigenvalue weighted by Crippen LogP contribution is -2.15. The molecule has 0 aromatic heterocycles. The van der Waals surface area contributed by atoms with Crippen molar-refractivity contribution >= 4 is 0 Å². The first-order valence-electron chi connectivity index (χ1n) is 4.28. The summed E-state index contributed by atoms with van der Waals surface area (Å²) in [5.74, 6) is 0.505. The number of ether oxygens (including phenoxy) is 2. The Labute approximate surface area is 73.0 Å². The van der Waals surface area contributed by atoms with Crippen LogP contribution >= 0.6 is 0 Å². The van der Waals surface area contributed by atoms with Crippen LogP contribution in [0, 0.1) is 5.92 Å². The molecule has 1 aliphatic heterocycles. The molecule has 1 fully saturated rings. The van der Waals surface area contributed by atoms with Gasteiger partial charge in [0.25, 0.3) is 0 Å². The highest BCUT2D eigenvalue weighted by Crippen LogP contribution is 2.12. The van der Waals surface area contributed by atoms with Crippen molar-refractivity contribution in [3.05, 3.63) is 12.2 Å². The summed E-state index contributed by atoms with van der Waals surface area (Å²) in [4.78, 5) is 0. The van der Waals surface area contributed by atoms with E-state index in [9.17, 15) is 0 Å². The highest BCUT2D eigenvalue weighted by Gasteiger charge is 2.22. The Morgan fingerprint density at radius 2 is 2.33 bits per heavy atom. The maximum absolute atomic E-state index is 8.73. The van der Waals surface area contributed by atoms with Crippen LogP contribution in [0.25, 0.3) is 0 Å². The van der Waals surface area contributed by atoms with Crippen molar-refractivity contribution in [2.75, 3.05) is 13.2 Å². The first kappa shape index (κ1) is 9.71. The number of aliphatic hydroxyl groups is 1. The minimum atomic E-state index is -0.260. The van der Waals surface area contributed by atoms with Crippen molar-refractivity contribution in [3.8, 4) is 0 Å². The summed E-state index contributed by atoms with van der Waals surface area (Å²) in [6.45, 7) is 4.71.